The highest BCUT2D eigenvalue weighted by atomic mass is 16.5. The molecule has 6 nitrogen and oxygen atoms in total. The van der Waals surface area contributed by atoms with Crippen LogP contribution >= 0.6 is 0 Å². The van der Waals surface area contributed by atoms with E-state index in [0.29, 0.717) is 13.2 Å². The topological polar surface area (TPSA) is 71.0 Å². The lowest BCUT2D eigenvalue weighted by Crippen LogP contribution is -2.30. The second-order valence-electron chi connectivity index (χ2n) is 7.08. The average molecular weight is 391 g/mol. The van der Waals surface area contributed by atoms with E-state index in [1.54, 1.807) is 17.2 Å². The van der Waals surface area contributed by atoms with Crippen LogP contribution in [0.2, 0.25) is 0 Å². The van der Waals surface area contributed by atoms with Crippen LogP contribution in [0.25, 0.3) is 0 Å². The Labute approximate surface area is 170 Å². The largest absolute Gasteiger partial charge is 0.490 e. The van der Waals surface area contributed by atoms with E-state index >= 15 is 0 Å². The van der Waals surface area contributed by atoms with Gasteiger partial charge in [0.15, 0.2) is 0 Å². The molecule has 0 aromatic heterocycles. The van der Waals surface area contributed by atoms with Crippen molar-refractivity contribution >= 4 is 23.7 Å². The summed E-state index contributed by atoms with van der Waals surface area (Å²) in [6.45, 7) is 8.45. The molecule has 1 N–H and O–H groups in total. The number of hydrogen-bond donors (Lipinski definition) is 1. The van der Waals surface area contributed by atoms with Gasteiger partial charge in [0.05, 0.1) is 12.1 Å². The minimum atomic E-state index is -0.420. The van der Waals surface area contributed by atoms with Crippen LogP contribution in [0.5, 0.6) is 5.75 Å². The molecule has 0 saturated carbocycles. The lowest BCUT2D eigenvalue weighted by Gasteiger charge is -2.17. The first-order valence-electron chi connectivity index (χ1n) is 9.52. The number of nitrogens with one attached hydrogen (secondary N) is 1. The third-order valence-electron chi connectivity index (χ3n) is 4.93. The van der Waals surface area contributed by atoms with E-state index in [0.717, 1.165) is 22.6 Å². The molecule has 2 amide bonds. The molecule has 1 heterocycles. The monoisotopic (exact) mass is 391 g/mol. The smallest absolute Gasteiger partial charge is 0.245 e. The Hall–Kier alpha value is -3.41. The zero-order valence-corrected chi connectivity index (χ0v) is 16.7. The Morgan fingerprint density at radius 2 is 2.00 bits per heavy atom. The van der Waals surface area contributed by atoms with E-state index in [4.69, 9.17) is 4.74 Å². The van der Waals surface area contributed by atoms with Crippen molar-refractivity contribution in [3.8, 4) is 5.75 Å². The van der Waals surface area contributed by atoms with E-state index in [9.17, 15) is 9.59 Å². The first-order chi connectivity index (χ1) is 14.0. The number of ether oxygens (including phenoxy) is 1. The highest BCUT2D eigenvalue weighted by Gasteiger charge is 2.35. The molecule has 0 unspecified atom stereocenters. The molecule has 2 aromatic rings. The van der Waals surface area contributed by atoms with Crippen molar-refractivity contribution in [2.45, 2.75) is 20.3 Å². The third kappa shape index (κ3) is 5.10. The molecular weight excluding hydrogens is 366 g/mol. The summed E-state index contributed by atoms with van der Waals surface area (Å²) >= 11 is 0. The normalized spacial score (nSPS) is 16.3. The molecular formula is C23H25N3O3. The number of benzene rings is 2. The minimum Gasteiger partial charge on any atom is -0.490 e. The molecule has 1 fully saturated rings. The van der Waals surface area contributed by atoms with Gasteiger partial charge in [-0.05, 0) is 66.9 Å². The maximum atomic E-state index is 12.4. The van der Waals surface area contributed by atoms with Crippen LogP contribution in [-0.4, -0.2) is 31.2 Å². The number of hydrogen-bond acceptors (Lipinski definition) is 4. The summed E-state index contributed by atoms with van der Waals surface area (Å²) in [5.74, 6) is 0.0114. The van der Waals surface area contributed by atoms with Gasteiger partial charge in [0, 0.05) is 18.7 Å². The second kappa shape index (κ2) is 9.19. The Morgan fingerprint density at radius 1 is 1.24 bits per heavy atom. The molecule has 6 heteroatoms. The Bertz CT molecular complexity index is 935. The molecule has 1 aliphatic heterocycles. The van der Waals surface area contributed by atoms with Crippen LogP contribution in [-0.2, 0) is 9.59 Å². The molecule has 3 rings (SSSR count). The molecule has 0 spiro atoms. The fourth-order valence-corrected chi connectivity index (χ4v) is 3.09. The molecule has 0 bridgehead atoms. The van der Waals surface area contributed by atoms with Crippen molar-refractivity contribution in [2.75, 3.05) is 18.1 Å². The van der Waals surface area contributed by atoms with Crippen LogP contribution in [0.1, 0.15) is 23.1 Å². The van der Waals surface area contributed by atoms with Gasteiger partial charge in [-0.15, -0.1) is 0 Å². The number of rotatable bonds is 7. The number of carbonyl (C=O) groups excluding carboxylic acids is 2. The van der Waals surface area contributed by atoms with Crippen LogP contribution < -0.4 is 15.1 Å². The summed E-state index contributed by atoms with van der Waals surface area (Å²) in [5, 5.41) is 4.02. The lowest BCUT2D eigenvalue weighted by atomic mass is 10.1. The highest BCUT2D eigenvalue weighted by Crippen LogP contribution is 2.26. The van der Waals surface area contributed by atoms with Crippen LogP contribution in [0.15, 0.2) is 60.2 Å². The van der Waals surface area contributed by atoms with Gasteiger partial charge in [0.25, 0.3) is 0 Å². The number of anilines is 1. The van der Waals surface area contributed by atoms with E-state index in [-0.39, 0.29) is 18.2 Å². The maximum Gasteiger partial charge on any atom is 0.245 e. The standard InChI is InChI=1S/C23H25N3O3/c1-4-11-29-21-9-6-18(7-10-21)14-24-25-23(28)19-13-22(27)26(15-19)20-8-5-16(2)17(3)12-20/h4-10,12,14,19H,1,11,13,15H2,2-3H3,(H,25,28)/b24-14-/t19-/m1/s1. The van der Waals surface area contributed by atoms with Gasteiger partial charge in [0.1, 0.15) is 12.4 Å². The summed E-state index contributed by atoms with van der Waals surface area (Å²) in [5.41, 5.74) is 6.49. The predicted octanol–water partition coefficient (Wildman–Crippen LogP) is 3.37. The summed E-state index contributed by atoms with van der Waals surface area (Å²) in [6.07, 6.45) is 3.43. The third-order valence-corrected chi connectivity index (χ3v) is 4.93. The van der Waals surface area contributed by atoms with E-state index < -0.39 is 5.92 Å². The second-order valence-corrected chi connectivity index (χ2v) is 7.08. The summed E-state index contributed by atoms with van der Waals surface area (Å²) < 4.78 is 5.42. The predicted molar refractivity (Wildman–Crippen MR) is 114 cm³/mol. The molecule has 1 saturated heterocycles. The molecule has 29 heavy (non-hydrogen) atoms. The molecule has 1 aliphatic rings. The summed E-state index contributed by atoms with van der Waals surface area (Å²) in [4.78, 5) is 26.5. The summed E-state index contributed by atoms with van der Waals surface area (Å²) in [7, 11) is 0. The quantitative estimate of drug-likeness (QED) is 0.447. The Morgan fingerprint density at radius 3 is 2.69 bits per heavy atom. The maximum absolute atomic E-state index is 12.4. The van der Waals surface area contributed by atoms with Crippen molar-refractivity contribution in [2.24, 2.45) is 11.0 Å². The van der Waals surface area contributed by atoms with Gasteiger partial charge in [-0.25, -0.2) is 5.43 Å². The number of nitrogens with zero attached hydrogens (tertiary/aromatic N) is 2. The lowest BCUT2D eigenvalue weighted by molar-refractivity contribution is -0.126. The van der Waals surface area contributed by atoms with Crippen LogP contribution in [0.3, 0.4) is 0 Å². The first kappa shape index (κ1) is 20.3. The molecule has 0 aliphatic carbocycles. The summed E-state index contributed by atoms with van der Waals surface area (Å²) in [6, 6.07) is 13.2. The van der Waals surface area contributed by atoms with Crippen LogP contribution in [0.4, 0.5) is 5.69 Å². The van der Waals surface area contributed by atoms with Crippen molar-refractivity contribution < 1.29 is 14.3 Å². The van der Waals surface area contributed by atoms with Crippen LogP contribution in [0, 0.1) is 19.8 Å². The molecule has 2 aromatic carbocycles. The minimum absolute atomic E-state index is 0.0486. The molecule has 150 valence electrons. The van der Waals surface area contributed by atoms with Crippen molar-refractivity contribution in [1.29, 1.82) is 0 Å². The number of aryl methyl sites for hydroxylation is 2. The fourth-order valence-electron chi connectivity index (χ4n) is 3.09. The van der Waals surface area contributed by atoms with Gasteiger partial charge in [-0.1, -0.05) is 18.7 Å². The number of hydrazone groups is 1. The van der Waals surface area contributed by atoms with Crippen molar-refractivity contribution in [1.82, 2.24) is 5.43 Å². The SMILES string of the molecule is C=CCOc1ccc(/C=N\NC(=O)[C@@H]2CC(=O)N(c3ccc(C)c(C)c3)C2)cc1. The van der Waals surface area contributed by atoms with Gasteiger partial charge < -0.3 is 9.64 Å². The Balaban J connectivity index is 1.55. The fraction of sp³-hybridized carbons (Fsp3) is 0.261. The zero-order valence-electron chi connectivity index (χ0n) is 16.7. The van der Waals surface area contributed by atoms with E-state index in [1.807, 2.05) is 56.3 Å². The van der Waals surface area contributed by atoms with Crippen molar-refractivity contribution in [3.05, 3.63) is 71.8 Å². The number of carbonyl (C=O) groups is 2. The van der Waals surface area contributed by atoms with Crippen molar-refractivity contribution in [3.63, 3.8) is 0 Å². The Kier molecular flexibility index (Phi) is 6.44. The molecule has 1 atom stereocenters. The van der Waals surface area contributed by atoms with Gasteiger partial charge in [-0.2, -0.15) is 5.10 Å². The van der Waals surface area contributed by atoms with Gasteiger partial charge in [-0.3, -0.25) is 9.59 Å². The van der Waals surface area contributed by atoms with Gasteiger partial charge in [0.2, 0.25) is 11.8 Å². The number of amides is 2. The van der Waals surface area contributed by atoms with Gasteiger partial charge >= 0.3 is 0 Å². The molecule has 0 radical (unpaired) electrons. The highest BCUT2D eigenvalue weighted by molar-refractivity contribution is 6.00. The van der Waals surface area contributed by atoms with E-state index in [1.165, 1.54) is 5.56 Å². The zero-order chi connectivity index (χ0) is 20.8. The average Bonchev–Trinajstić information content (AvgIpc) is 3.11. The van der Waals surface area contributed by atoms with E-state index in [2.05, 4.69) is 17.1 Å². The first-order valence-corrected chi connectivity index (χ1v) is 9.52.